The number of aromatic nitrogens is 1. The molecule has 1 aromatic carbocycles. The predicted octanol–water partition coefficient (Wildman–Crippen LogP) is 7.32. The van der Waals surface area contributed by atoms with Gasteiger partial charge in [0.2, 0.25) is 0 Å². The second-order valence-electron chi connectivity index (χ2n) is 9.51. The fourth-order valence-corrected chi connectivity index (χ4v) is 4.04. The average Bonchev–Trinajstić information content (AvgIpc) is 3.34. The van der Waals surface area contributed by atoms with Gasteiger partial charge in [-0.2, -0.15) is 0 Å². The van der Waals surface area contributed by atoms with Gasteiger partial charge in [0.1, 0.15) is 16.9 Å². The molecule has 5 nitrogen and oxygen atoms in total. The van der Waals surface area contributed by atoms with E-state index < -0.39 is 5.60 Å². The maximum Gasteiger partial charge on any atom is 0.333 e. The smallest absolute Gasteiger partial charge is 0.333 e. The van der Waals surface area contributed by atoms with Gasteiger partial charge in [-0.3, -0.25) is 0 Å². The average molecular weight is 452 g/mol. The topological polar surface area (TPSA) is 53.6 Å². The van der Waals surface area contributed by atoms with E-state index in [1.54, 1.807) is 6.92 Å². The standard InChI is InChI=1S/C28H37NO4/c1-8-10-13-29-18-21(9-2)14-24(29)26-15-22-11-12-23(16-25(22)32-26)31-20(5)17-28(6,7)33-27(30)19(3)4/h11-12,14-16,18,20H,3,8-10,13,17H2,1-2,4-7H3. The zero-order valence-electron chi connectivity index (χ0n) is 20.9. The predicted molar refractivity (Wildman–Crippen MR) is 134 cm³/mol. The summed E-state index contributed by atoms with van der Waals surface area (Å²) >= 11 is 0. The molecule has 0 aliphatic heterocycles. The van der Waals surface area contributed by atoms with E-state index in [0.717, 1.165) is 54.0 Å². The van der Waals surface area contributed by atoms with Gasteiger partial charge in [0.05, 0.1) is 11.8 Å². The van der Waals surface area contributed by atoms with Crippen molar-refractivity contribution >= 4 is 16.9 Å². The Balaban J connectivity index is 1.76. The number of furan rings is 1. The van der Waals surface area contributed by atoms with Crippen molar-refractivity contribution in [2.24, 2.45) is 0 Å². The van der Waals surface area contributed by atoms with Crippen LogP contribution in [0, 0.1) is 0 Å². The van der Waals surface area contributed by atoms with Gasteiger partial charge in [-0.1, -0.05) is 26.8 Å². The summed E-state index contributed by atoms with van der Waals surface area (Å²) in [5.74, 6) is 1.22. The molecule has 1 atom stereocenters. The van der Waals surface area contributed by atoms with Crippen LogP contribution in [0.4, 0.5) is 0 Å². The van der Waals surface area contributed by atoms with Gasteiger partial charge in [-0.05, 0) is 70.4 Å². The Bertz CT molecular complexity index is 1120. The summed E-state index contributed by atoms with van der Waals surface area (Å²) < 4.78 is 20.2. The monoisotopic (exact) mass is 451 g/mol. The lowest BCUT2D eigenvalue weighted by Gasteiger charge is -2.28. The number of rotatable bonds is 11. The molecular formula is C28H37NO4. The molecule has 1 unspecified atom stereocenters. The molecule has 0 N–H and O–H groups in total. The van der Waals surface area contributed by atoms with E-state index >= 15 is 0 Å². The summed E-state index contributed by atoms with van der Waals surface area (Å²) in [6.45, 7) is 16.4. The molecule has 0 aliphatic carbocycles. The number of nitrogens with zero attached hydrogens (tertiary/aromatic N) is 1. The fourth-order valence-electron chi connectivity index (χ4n) is 4.04. The Morgan fingerprint density at radius 3 is 2.64 bits per heavy atom. The molecule has 0 amide bonds. The minimum Gasteiger partial charge on any atom is -0.490 e. The molecule has 178 valence electrons. The van der Waals surface area contributed by atoms with Crippen molar-refractivity contribution in [1.82, 2.24) is 4.57 Å². The van der Waals surface area contributed by atoms with Gasteiger partial charge in [-0.25, -0.2) is 4.79 Å². The number of unbranched alkanes of at least 4 members (excludes halogenated alkanes) is 1. The highest BCUT2D eigenvalue weighted by atomic mass is 16.6. The molecule has 3 aromatic rings. The quantitative estimate of drug-likeness (QED) is 0.226. The van der Waals surface area contributed by atoms with Crippen LogP contribution in [-0.2, 0) is 22.5 Å². The molecule has 0 radical (unpaired) electrons. The van der Waals surface area contributed by atoms with Crippen molar-refractivity contribution in [3.8, 4) is 17.2 Å². The van der Waals surface area contributed by atoms with E-state index in [2.05, 4.69) is 43.3 Å². The van der Waals surface area contributed by atoms with Crippen LogP contribution in [0.15, 0.2) is 53.1 Å². The van der Waals surface area contributed by atoms with Gasteiger partial charge in [0, 0.05) is 36.2 Å². The second kappa shape index (κ2) is 10.3. The van der Waals surface area contributed by atoms with Gasteiger partial charge < -0.3 is 18.5 Å². The summed E-state index contributed by atoms with van der Waals surface area (Å²) in [6, 6.07) is 10.2. The number of carbonyl (C=O) groups is 1. The molecule has 2 heterocycles. The van der Waals surface area contributed by atoms with E-state index in [1.807, 2.05) is 39.0 Å². The summed E-state index contributed by atoms with van der Waals surface area (Å²) in [4.78, 5) is 11.9. The molecule has 0 saturated heterocycles. The van der Waals surface area contributed by atoms with Crippen molar-refractivity contribution in [1.29, 1.82) is 0 Å². The zero-order chi connectivity index (χ0) is 24.2. The molecule has 0 saturated carbocycles. The molecule has 0 fully saturated rings. The molecule has 33 heavy (non-hydrogen) atoms. The third-order valence-electron chi connectivity index (χ3n) is 5.69. The van der Waals surface area contributed by atoms with Crippen molar-refractivity contribution in [3.63, 3.8) is 0 Å². The van der Waals surface area contributed by atoms with Crippen LogP contribution in [0.2, 0.25) is 0 Å². The van der Waals surface area contributed by atoms with E-state index in [-0.39, 0.29) is 12.1 Å². The van der Waals surface area contributed by atoms with Crippen molar-refractivity contribution in [2.45, 2.75) is 85.5 Å². The molecule has 0 bridgehead atoms. The lowest BCUT2D eigenvalue weighted by molar-refractivity contribution is -0.153. The van der Waals surface area contributed by atoms with Gasteiger partial charge >= 0.3 is 5.97 Å². The summed E-state index contributed by atoms with van der Waals surface area (Å²) in [5, 5.41) is 1.04. The SMILES string of the molecule is C=C(C)C(=O)OC(C)(C)CC(C)Oc1ccc2cc(-c3cc(CC)cn3CCCC)oc2c1. The molecular weight excluding hydrogens is 414 g/mol. The van der Waals surface area contributed by atoms with Crippen LogP contribution in [-0.4, -0.2) is 22.2 Å². The first-order valence-electron chi connectivity index (χ1n) is 11.9. The minimum atomic E-state index is -0.654. The molecule has 0 spiro atoms. The van der Waals surface area contributed by atoms with E-state index in [4.69, 9.17) is 13.9 Å². The first-order chi connectivity index (χ1) is 15.6. The summed E-state index contributed by atoms with van der Waals surface area (Å²) in [6.07, 6.45) is 5.93. The minimum absolute atomic E-state index is 0.150. The number of aryl methyl sites for hydroxylation is 2. The molecule has 5 heteroatoms. The third-order valence-corrected chi connectivity index (χ3v) is 5.69. The first kappa shape index (κ1) is 24.7. The number of hydrogen-bond donors (Lipinski definition) is 0. The Kier molecular flexibility index (Phi) is 7.72. The molecule has 2 aromatic heterocycles. The van der Waals surface area contributed by atoms with E-state index in [1.165, 1.54) is 5.56 Å². The van der Waals surface area contributed by atoms with Gasteiger partial charge in [0.15, 0.2) is 5.76 Å². The fraction of sp³-hybridized carbons (Fsp3) is 0.464. The number of ether oxygens (including phenoxy) is 2. The number of hydrogen-bond acceptors (Lipinski definition) is 4. The Morgan fingerprint density at radius 2 is 1.97 bits per heavy atom. The van der Waals surface area contributed by atoms with Crippen molar-refractivity contribution in [3.05, 3.63) is 54.2 Å². The highest BCUT2D eigenvalue weighted by Crippen LogP contribution is 2.32. The number of benzene rings is 1. The number of carbonyl (C=O) groups excluding carboxylic acids is 1. The van der Waals surface area contributed by atoms with Crippen molar-refractivity contribution in [2.75, 3.05) is 0 Å². The van der Waals surface area contributed by atoms with Crippen LogP contribution >= 0.6 is 0 Å². The van der Waals surface area contributed by atoms with Crippen molar-refractivity contribution < 1.29 is 18.7 Å². The third kappa shape index (κ3) is 6.31. The lowest BCUT2D eigenvalue weighted by Crippen LogP contribution is -2.33. The van der Waals surface area contributed by atoms with Gasteiger partial charge in [-0.15, -0.1) is 0 Å². The normalized spacial score (nSPS) is 12.7. The Labute approximate surface area is 197 Å². The second-order valence-corrected chi connectivity index (χ2v) is 9.51. The van der Waals surface area contributed by atoms with E-state index in [9.17, 15) is 4.79 Å². The summed E-state index contributed by atoms with van der Waals surface area (Å²) in [5.41, 5.74) is 2.97. The van der Waals surface area contributed by atoms with Crippen LogP contribution in [0.1, 0.15) is 66.4 Å². The van der Waals surface area contributed by atoms with Crippen LogP contribution in [0.3, 0.4) is 0 Å². The number of fused-ring (bicyclic) bond motifs is 1. The molecule has 0 aliphatic rings. The van der Waals surface area contributed by atoms with E-state index in [0.29, 0.717) is 12.0 Å². The number of esters is 1. The van der Waals surface area contributed by atoms with Crippen LogP contribution in [0.5, 0.6) is 5.75 Å². The van der Waals surface area contributed by atoms with Gasteiger partial charge in [0.25, 0.3) is 0 Å². The van der Waals surface area contributed by atoms with Crippen LogP contribution < -0.4 is 4.74 Å². The lowest BCUT2D eigenvalue weighted by atomic mass is 10.0. The Morgan fingerprint density at radius 1 is 1.21 bits per heavy atom. The maximum absolute atomic E-state index is 11.9. The van der Waals surface area contributed by atoms with Crippen LogP contribution in [0.25, 0.3) is 22.4 Å². The Hall–Kier alpha value is -2.95. The highest BCUT2D eigenvalue weighted by Gasteiger charge is 2.27. The highest BCUT2D eigenvalue weighted by molar-refractivity contribution is 5.87. The maximum atomic E-state index is 11.9. The molecule has 3 rings (SSSR count). The first-order valence-corrected chi connectivity index (χ1v) is 11.9. The zero-order valence-corrected chi connectivity index (χ0v) is 20.9. The summed E-state index contributed by atoms with van der Waals surface area (Å²) in [7, 11) is 0. The largest absolute Gasteiger partial charge is 0.490 e.